The molecule has 0 spiro atoms. The Bertz CT molecular complexity index is 493. The van der Waals surface area contributed by atoms with Gasteiger partial charge in [-0.05, 0) is 6.07 Å². The molecule has 2 aromatic rings. The van der Waals surface area contributed by atoms with Gasteiger partial charge in [0.15, 0.2) is 0 Å². The van der Waals surface area contributed by atoms with E-state index in [0.29, 0.717) is 5.69 Å². The number of rotatable bonds is 4. The number of hydrogen-bond acceptors (Lipinski definition) is 3. The minimum Gasteiger partial charge on any atom is -0.395 e. The average molecular weight is 231 g/mol. The highest BCUT2D eigenvalue weighted by Crippen LogP contribution is 2.16. The third-order valence-corrected chi connectivity index (χ3v) is 2.29. The van der Waals surface area contributed by atoms with Gasteiger partial charge in [0.1, 0.15) is 5.69 Å². The second-order valence-electron chi connectivity index (χ2n) is 3.51. The predicted molar refractivity (Wildman–Crippen MR) is 63.4 cm³/mol. The van der Waals surface area contributed by atoms with Crippen molar-refractivity contribution in [2.45, 2.75) is 0 Å². The molecule has 1 aromatic carbocycles. The van der Waals surface area contributed by atoms with Gasteiger partial charge in [-0.1, -0.05) is 30.3 Å². The summed E-state index contributed by atoms with van der Waals surface area (Å²) < 4.78 is 0. The zero-order chi connectivity index (χ0) is 12.1. The van der Waals surface area contributed by atoms with Crippen molar-refractivity contribution in [1.82, 2.24) is 15.5 Å². The first-order valence-electron chi connectivity index (χ1n) is 5.31. The van der Waals surface area contributed by atoms with Crippen LogP contribution < -0.4 is 5.32 Å². The van der Waals surface area contributed by atoms with Gasteiger partial charge in [0.25, 0.3) is 5.91 Å². The smallest absolute Gasteiger partial charge is 0.269 e. The van der Waals surface area contributed by atoms with Gasteiger partial charge in [-0.15, -0.1) is 0 Å². The fraction of sp³-hybridized carbons (Fsp3) is 0.167. The summed E-state index contributed by atoms with van der Waals surface area (Å²) >= 11 is 0. The molecule has 5 nitrogen and oxygen atoms in total. The van der Waals surface area contributed by atoms with Crippen molar-refractivity contribution < 1.29 is 9.90 Å². The molecule has 0 aliphatic carbocycles. The molecule has 0 saturated heterocycles. The van der Waals surface area contributed by atoms with Crippen molar-refractivity contribution in [1.29, 1.82) is 0 Å². The van der Waals surface area contributed by atoms with E-state index in [1.807, 2.05) is 30.3 Å². The highest BCUT2D eigenvalue weighted by atomic mass is 16.3. The van der Waals surface area contributed by atoms with Gasteiger partial charge in [0, 0.05) is 12.1 Å². The summed E-state index contributed by atoms with van der Waals surface area (Å²) in [4.78, 5) is 11.6. The molecule has 3 N–H and O–H groups in total. The predicted octanol–water partition coefficient (Wildman–Crippen LogP) is 0.799. The van der Waals surface area contributed by atoms with Crippen LogP contribution in [0.2, 0.25) is 0 Å². The lowest BCUT2D eigenvalue weighted by Crippen LogP contribution is -2.26. The lowest BCUT2D eigenvalue weighted by Gasteiger charge is -1.98. The quantitative estimate of drug-likeness (QED) is 0.728. The SMILES string of the molecule is O=C(NCCO)c1cc(-c2ccccc2)n[nH]1. The number of aromatic nitrogens is 2. The lowest BCUT2D eigenvalue weighted by atomic mass is 10.1. The lowest BCUT2D eigenvalue weighted by molar-refractivity contribution is 0.0940. The van der Waals surface area contributed by atoms with Crippen molar-refractivity contribution in [3.8, 4) is 11.3 Å². The molecule has 0 aliphatic rings. The zero-order valence-corrected chi connectivity index (χ0v) is 9.18. The summed E-state index contributed by atoms with van der Waals surface area (Å²) in [5, 5.41) is 17.9. The van der Waals surface area contributed by atoms with E-state index in [0.717, 1.165) is 11.3 Å². The number of H-pyrrole nitrogens is 1. The molecule has 1 heterocycles. The monoisotopic (exact) mass is 231 g/mol. The van der Waals surface area contributed by atoms with Crippen LogP contribution in [0.5, 0.6) is 0 Å². The number of nitrogens with one attached hydrogen (secondary N) is 2. The number of aliphatic hydroxyl groups excluding tert-OH is 1. The summed E-state index contributed by atoms with van der Waals surface area (Å²) in [7, 11) is 0. The first-order chi connectivity index (χ1) is 8.31. The summed E-state index contributed by atoms with van der Waals surface area (Å²) in [5.74, 6) is -0.270. The van der Waals surface area contributed by atoms with Gasteiger partial charge in [0.2, 0.25) is 0 Å². The Kier molecular flexibility index (Phi) is 3.52. The van der Waals surface area contributed by atoms with E-state index in [9.17, 15) is 4.79 Å². The maximum atomic E-state index is 11.6. The van der Waals surface area contributed by atoms with Crippen LogP contribution in [0.25, 0.3) is 11.3 Å². The largest absolute Gasteiger partial charge is 0.395 e. The minimum atomic E-state index is -0.270. The number of aliphatic hydroxyl groups is 1. The molecule has 2 rings (SSSR count). The number of benzene rings is 1. The van der Waals surface area contributed by atoms with E-state index in [4.69, 9.17) is 5.11 Å². The van der Waals surface area contributed by atoms with Crippen molar-refractivity contribution in [2.24, 2.45) is 0 Å². The van der Waals surface area contributed by atoms with Gasteiger partial charge in [0.05, 0.1) is 12.3 Å². The Morgan fingerprint density at radius 2 is 2.12 bits per heavy atom. The van der Waals surface area contributed by atoms with E-state index in [1.165, 1.54) is 0 Å². The van der Waals surface area contributed by atoms with Crippen LogP contribution in [-0.2, 0) is 0 Å². The standard InChI is InChI=1S/C12H13N3O2/c16-7-6-13-12(17)11-8-10(14-15-11)9-4-2-1-3-5-9/h1-5,8,16H,6-7H2,(H,13,17)(H,14,15). The summed E-state index contributed by atoms with van der Waals surface area (Å²) in [6, 6.07) is 11.3. The molecule has 1 amide bonds. The van der Waals surface area contributed by atoms with Crippen LogP contribution in [-0.4, -0.2) is 34.4 Å². The number of aromatic amines is 1. The Morgan fingerprint density at radius 3 is 2.82 bits per heavy atom. The zero-order valence-electron chi connectivity index (χ0n) is 9.18. The maximum absolute atomic E-state index is 11.6. The fourth-order valence-electron chi connectivity index (χ4n) is 1.46. The molecule has 0 saturated carbocycles. The first-order valence-corrected chi connectivity index (χ1v) is 5.31. The summed E-state index contributed by atoms with van der Waals surface area (Å²) in [6.45, 7) is 0.157. The molecule has 0 unspecified atom stereocenters. The van der Waals surface area contributed by atoms with Crippen molar-refractivity contribution in [2.75, 3.05) is 13.2 Å². The van der Waals surface area contributed by atoms with Crippen molar-refractivity contribution >= 4 is 5.91 Å². The van der Waals surface area contributed by atoms with E-state index in [2.05, 4.69) is 15.5 Å². The normalized spacial score (nSPS) is 10.2. The summed E-state index contributed by atoms with van der Waals surface area (Å²) in [5.41, 5.74) is 2.06. The molecule has 0 aliphatic heterocycles. The third kappa shape index (κ3) is 2.70. The molecule has 1 aromatic heterocycles. The molecule has 5 heteroatoms. The Morgan fingerprint density at radius 1 is 1.35 bits per heavy atom. The maximum Gasteiger partial charge on any atom is 0.269 e. The molecule has 0 fully saturated rings. The van der Waals surface area contributed by atoms with Crippen LogP contribution >= 0.6 is 0 Å². The van der Waals surface area contributed by atoms with Crippen LogP contribution in [0.3, 0.4) is 0 Å². The first kappa shape index (κ1) is 11.3. The minimum absolute atomic E-state index is 0.0780. The number of carbonyl (C=O) groups excluding carboxylic acids is 1. The Balaban J connectivity index is 2.14. The van der Waals surface area contributed by atoms with Crippen molar-refractivity contribution in [3.05, 3.63) is 42.1 Å². The highest BCUT2D eigenvalue weighted by Gasteiger charge is 2.09. The van der Waals surface area contributed by atoms with E-state index in [1.54, 1.807) is 6.07 Å². The second-order valence-corrected chi connectivity index (χ2v) is 3.51. The van der Waals surface area contributed by atoms with E-state index in [-0.39, 0.29) is 19.1 Å². The molecule has 17 heavy (non-hydrogen) atoms. The van der Waals surface area contributed by atoms with Gasteiger partial charge in [-0.3, -0.25) is 9.89 Å². The number of amides is 1. The van der Waals surface area contributed by atoms with E-state index < -0.39 is 0 Å². The molecule has 0 atom stereocenters. The number of nitrogens with zero attached hydrogens (tertiary/aromatic N) is 1. The molecular formula is C12H13N3O2. The molecule has 0 radical (unpaired) electrons. The van der Waals surface area contributed by atoms with Crippen molar-refractivity contribution in [3.63, 3.8) is 0 Å². The topological polar surface area (TPSA) is 78.0 Å². The van der Waals surface area contributed by atoms with Gasteiger partial charge >= 0.3 is 0 Å². The second kappa shape index (κ2) is 5.27. The number of carbonyl (C=O) groups is 1. The average Bonchev–Trinajstić information content (AvgIpc) is 2.86. The van der Waals surface area contributed by atoms with Crippen LogP contribution in [0.15, 0.2) is 36.4 Å². The van der Waals surface area contributed by atoms with Crippen LogP contribution in [0.1, 0.15) is 10.5 Å². The van der Waals surface area contributed by atoms with Crippen LogP contribution in [0, 0.1) is 0 Å². The fourth-order valence-corrected chi connectivity index (χ4v) is 1.46. The van der Waals surface area contributed by atoms with Gasteiger partial charge in [-0.2, -0.15) is 5.10 Å². The van der Waals surface area contributed by atoms with Gasteiger partial charge in [-0.25, -0.2) is 0 Å². The highest BCUT2D eigenvalue weighted by molar-refractivity contribution is 5.93. The molecular weight excluding hydrogens is 218 g/mol. The third-order valence-electron chi connectivity index (χ3n) is 2.29. The Hall–Kier alpha value is -2.14. The molecule has 0 bridgehead atoms. The van der Waals surface area contributed by atoms with Gasteiger partial charge < -0.3 is 10.4 Å². The van der Waals surface area contributed by atoms with E-state index >= 15 is 0 Å². The Labute approximate surface area is 98.5 Å². The number of hydrogen-bond donors (Lipinski definition) is 3. The summed E-state index contributed by atoms with van der Waals surface area (Å²) in [6.07, 6.45) is 0. The molecule has 88 valence electrons. The van der Waals surface area contributed by atoms with Crippen LogP contribution in [0.4, 0.5) is 0 Å².